The van der Waals surface area contributed by atoms with Crippen LogP contribution in [-0.4, -0.2) is 23.7 Å². The van der Waals surface area contributed by atoms with Crippen molar-refractivity contribution in [2.45, 2.75) is 32.2 Å². The molecule has 2 aromatic rings. The number of methoxy groups -OCH3 is 1. The number of nitrogens with zero attached hydrogens (tertiary/aromatic N) is 2. The van der Waals surface area contributed by atoms with Crippen molar-refractivity contribution in [1.29, 1.82) is 0 Å². The van der Waals surface area contributed by atoms with Gasteiger partial charge >= 0.3 is 0 Å². The van der Waals surface area contributed by atoms with Crippen LogP contribution in [0.3, 0.4) is 0 Å². The number of nitrogens with one attached hydrogen (secondary N) is 1. The summed E-state index contributed by atoms with van der Waals surface area (Å²) in [7, 11) is 3.68. The maximum Gasteiger partial charge on any atom is 0.122 e. The average Bonchev–Trinajstić information content (AvgIpc) is 2.93. The molecule has 2 rings (SSSR count). The molecule has 1 atom stereocenters. The Morgan fingerprint density at radius 2 is 2.24 bits per heavy atom. The van der Waals surface area contributed by atoms with Gasteiger partial charge in [0.15, 0.2) is 0 Å². The highest BCUT2D eigenvalue weighted by atomic mass is 79.9. The second kappa shape index (κ2) is 7.87. The number of hydrogen-bond acceptors (Lipinski definition) is 5. The van der Waals surface area contributed by atoms with Crippen molar-refractivity contribution in [3.8, 4) is 5.75 Å². The zero-order valence-corrected chi connectivity index (χ0v) is 14.9. The molecule has 0 radical (unpaired) electrons. The monoisotopic (exact) mass is 369 g/mol. The van der Waals surface area contributed by atoms with Gasteiger partial charge in [0, 0.05) is 10.5 Å². The molecule has 1 unspecified atom stereocenters. The van der Waals surface area contributed by atoms with Gasteiger partial charge in [0.2, 0.25) is 0 Å². The smallest absolute Gasteiger partial charge is 0.122 e. The Hall–Kier alpha value is -0.980. The van der Waals surface area contributed by atoms with E-state index in [0.29, 0.717) is 0 Å². The van der Waals surface area contributed by atoms with Crippen molar-refractivity contribution in [3.05, 3.63) is 38.8 Å². The van der Waals surface area contributed by atoms with Gasteiger partial charge in [0.05, 0.1) is 17.7 Å². The van der Waals surface area contributed by atoms with Crippen LogP contribution in [0.5, 0.6) is 5.75 Å². The molecular formula is C15H20BrN3OS. The number of halogens is 1. The lowest BCUT2D eigenvalue weighted by Crippen LogP contribution is -2.19. The van der Waals surface area contributed by atoms with Crippen molar-refractivity contribution in [2.24, 2.45) is 0 Å². The fraction of sp³-hybridized carbons (Fsp3) is 0.467. The maximum atomic E-state index is 5.46. The molecule has 0 fully saturated rings. The van der Waals surface area contributed by atoms with Crippen LogP contribution in [0.1, 0.15) is 35.5 Å². The number of aromatic nitrogens is 2. The van der Waals surface area contributed by atoms with Crippen LogP contribution in [0, 0.1) is 0 Å². The van der Waals surface area contributed by atoms with Crippen molar-refractivity contribution < 1.29 is 4.74 Å². The third kappa shape index (κ3) is 4.02. The van der Waals surface area contributed by atoms with Gasteiger partial charge < -0.3 is 10.1 Å². The topological polar surface area (TPSA) is 47.0 Å². The summed E-state index contributed by atoms with van der Waals surface area (Å²) in [6, 6.07) is 6.30. The minimum Gasteiger partial charge on any atom is -0.496 e. The lowest BCUT2D eigenvalue weighted by atomic mass is 10.0. The number of likely N-dealkylation sites (N-methyl/N-ethyl adjacent to an activating group) is 1. The maximum absolute atomic E-state index is 5.46. The van der Waals surface area contributed by atoms with Crippen molar-refractivity contribution in [3.63, 3.8) is 0 Å². The first kappa shape index (κ1) is 16.4. The number of rotatable bonds is 7. The summed E-state index contributed by atoms with van der Waals surface area (Å²) in [6.07, 6.45) is 2.90. The third-order valence-electron chi connectivity index (χ3n) is 3.40. The molecular weight excluding hydrogens is 350 g/mol. The Labute approximate surface area is 138 Å². The normalized spacial score (nSPS) is 12.4. The van der Waals surface area contributed by atoms with Gasteiger partial charge in [-0.3, -0.25) is 0 Å². The largest absolute Gasteiger partial charge is 0.496 e. The van der Waals surface area contributed by atoms with E-state index in [-0.39, 0.29) is 6.04 Å². The van der Waals surface area contributed by atoms with Crippen LogP contribution in [0.25, 0.3) is 0 Å². The van der Waals surface area contributed by atoms with E-state index in [1.54, 1.807) is 7.11 Å². The molecule has 0 amide bonds. The first-order valence-corrected chi connectivity index (χ1v) is 8.57. The summed E-state index contributed by atoms with van der Waals surface area (Å²) >= 11 is 5.01. The van der Waals surface area contributed by atoms with E-state index in [2.05, 4.69) is 43.8 Å². The molecule has 1 aromatic heterocycles. The molecule has 4 nitrogen and oxygen atoms in total. The predicted molar refractivity (Wildman–Crippen MR) is 90.1 cm³/mol. The summed E-state index contributed by atoms with van der Waals surface area (Å²) in [5, 5.41) is 7.65. The van der Waals surface area contributed by atoms with Crippen LogP contribution >= 0.6 is 27.5 Å². The predicted octanol–water partition coefficient (Wildman–Crippen LogP) is 3.76. The lowest BCUT2D eigenvalue weighted by molar-refractivity contribution is 0.406. The second-order valence-corrected chi connectivity index (χ2v) is 6.54. The van der Waals surface area contributed by atoms with E-state index in [1.807, 2.05) is 19.2 Å². The van der Waals surface area contributed by atoms with Gasteiger partial charge in [0.1, 0.15) is 5.75 Å². The molecule has 0 aliphatic carbocycles. The highest BCUT2D eigenvalue weighted by Crippen LogP contribution is 2.30. The Kier molecular flexibility index (Phi) is 6.14. The zero-order valence-electron chi connectivity index (χ0n) is 12.5. The summed E-state index contributed by atoms with van der Waals surface area (Å²) in [5.41, 5.74) is 2.28. The van der Waals surface area contributed by atoms with E-state index < -0.39 is 0 Å². The van der Waals surface area contributed by atoms with E-state index in [4.69, 9.17) is 4.74 Å². The van der Waals surface area contributed by atoms with E-state index in [0.717, 1.165) is 35.2 Å². The average molecular weight is 370 g/mol. The van der Waals surface area contributed by atoms with Gasteiger partial charge in [-0.2, -0.15) is 0 Å². The lowest BCUT2D eigenvalue weighted by Gasteiger charge is -2.17. The van der Waals surface area contributed by atoms with E-state index in [1.165, 1.54) is 22.0 Å². The van der Waals surface area contributed by atoms with Crippen LogP contribution in [-0.2, 0) is 12.8 Å². The van der Waals surface area contributed by atoms with E-state index >= 15 is 0 Å². The van der Waals surface area contributed by atoms with Crippen molar-refractivity contribution >= 4 is 27.5 Å². The Morgan fingerprint density at radius 1 is 1.43 bits per heavy atom. The van der Waals surface area contributed by atoms with Gasteiger partial charge in [-0.15, -0.1) is 5.10 Å². The molecule has 0 bridgehead atoms. The minimum absolute atomic E-state index is 0.203. The quantitative estimate of drug-likeness (QED) is 0.806. The fourth-order valence-corrected chi connectivity index (χ4v) is 3.56. The molecule has 1 heterocycles. The molecule has 6 heteroatoms. The Bertz CT molecular complexity index is 588. The number of benzene rings is 1. The molecule has 0 aliphatic heterocycles. The summed E-state index contributed by atoms with van der Waals surface area (Å²) in [5.74, 6) is 0.910. The SMILES string of the molecule is CCCc1nnsc1C(Cc1cc(Br)ccc1OC)NC. The summed E-state index contributed by atoms with van der Waals surface area (Å²) in [6.45, 7) is 2.16. The van der Waals surface area contributed by atoms with E-state index in [9.17, 15) is 0 Å². The van der Waals surface area contributed by atoms with Crippen molar-refractivity contribution in [2.75, 3.05) is 14.2 Å². The molecule has 1 aromatic carbocycles. The number of aryl methyl sites for hydroxylation is 1. The van der Waals surface area contributed by atoms with Crippen LogP contribution in [0.2, 0.25) is 0 Å². The molecule has 0 saturated heterocycles. The summed E-state index contributed by atoms with van der Waals surface area (Å²) < 4.78 is 10.6. The molecule has 114 valence electrons. The van der Waals surface area contributed by atoms with Crippen LogP contribution < -0.4 is 10.1 Å². The highest BCUT2D eigenvalue weighted by molar-refractivity contribution is 9.10. The highest BCUT2D eigenvalue weighted by Gasteiger charge is 2.19. The molecule has 21 heavy (non-hydrogen) atoms. The first-order valence-electron chi connectivity index (χ1n) is 7.00. The molecule has 1 N–H and O–H groups in total. The van der Waals surface area contributed by atoms with Gasteiger partial charge in [-0.1, -0.05) is 33.8 Å². The van der Waals surface area contributed by atoms with Crippen LogP contribution in [0.15, 0.2) is 22.7 Å². The minimum atomic E-state index is 0.203. The first-order chi connectivity index (χ1) is 10.2. The van der Waals surface area contributed by atoms with Gasteiger partial charge in [0.25, 0.3) is 0 Å². The summed E-state index contributed by atoms with van der Waals surface area (Å²) in [4.78, 5) is 1.22. The Morgan fingerprint density at radius 3 is 2.90 bits per heavy atom. The molecule has 0 aliphatic rings. The number of hydrogen-bond donors (Lipinski definition) is 1. The fourth-order valence-electron chi connectivity index (χ4n) is 2.34. The van der Waals surface area contributed by atoms with Gasteiger partial charge in [-0.25, -0.2) is 0 Å². The standard InChI is InChI=1S/C15H20BrN3OS/c1-4-5-12-15(21-19-18-12)13(17-2)9-10-8-11(16)6-7-14(10)20-3/h6-8,13,17H,4-5,9H2,1-3H3. The second-order valence-electron chi connectivity index (χ2n) is 4.84. The molecule has 0 saturated carbocycles. The number of ether oxygens (including phenoxy) is 1. The van der Waals surface area contributed by atoms with Crippen molar-refractivity contribution in [1.82, 2.24) is 14.9 Å². The Balaban J connectivity index is 2.26. The molecule has 0 spiro atoms. The van der Waals surface area contributed by atoms with Crippen LogP contribution in [0.4, 0.5) is 0 Å². The zero-order chi connectivity index (χ0) is 15.2. The third-order valence-corrected chi connectivity index (χ3v) is 4.78. The van der Waals surface area contributed by atoms with Gasteiger partial charge in [-0.05, 0) is 55.2 Å².